The second kappa shape index (κ2) is 6.60. The summed E-state index contributed by atoms with van der Waals surface area (Å²) in [4.78, 5) is 12.2. The fraction of sp³-hybridized carbons (Fsp3) is 0.188. The van der Waals surface area contributed by atoms with Crippen LogP contribution >= 0.6 is 0 Å². The fourth-order valence-electron chi connectivity index (χ4n) is 2.30. The molecule has 1 amide bonds. The van der Waals surface area contributed by atoms with E-state index in [-0.39, 0.29) is 12.5 Å². The zero-order valence-corrected chi connectivity index (χ0v) is 14.0. The van der Waals surface area contributed by atoms with Crippen LogP contribution in [0.4, 0.5) is 15.8 Å². The largest absolute Gasteiger partial charge is 0.454 e. The lowest BCUT2D eigenvalue weighted by atomic mass is 10.2. The van der Waals surface area contributed by atoms with Crippen molar-refractivity contribution in [2.75, 3.05) is 29.2 Å². The maximum atomic E-state index is 12.9. The van der Waals surface area contributed by atoms with Crippen LogP contribution in [0.5, 0.6) is 11.5 Å². The Hall–Kier alpha value is -2.81. The maximum Gasteiger partial charge on any atom is 0.245 e. The fourth-order valence-corrected chi connectivity index (χ4v) is 3.15. The van der Waals surface area contributed by atoms with Crippen LogP contribution < -0.4 is 19.1 Å². The van der Waals surface area contributed by atoms with Crippen LogP contribution in [0.3, 0.4) is 0 Å². The molecule has 1 aliphatic heterocycles. The molecule has 0 atom stereocenters. The summed E-state index contributed by atoms with van der Waals surface area (Å²) in [6.45, 7) is -0.376. The maximum absolute atomic E-state index is 12.9. The summed E-state index contributed by atoms with van der Waals surface area (Å²) in [7, 11) is -3.71. The second-order valence-electron chi connectivity index (χ2n) is 5.36. The Balaban J connectivity index is 1.79. The van der Waals surface area contributed by atoms with E-state index in [4.69, 9.17) is 9.47 Å². The van der Waals surface area contributed by atoms with Crippen LogP contribution in [-0.4, -0.2) is 33.9 Å². The molecule has 3 rings (SSSR count). The lowest BCUT2D eigenvalue weighted by Gasteiger charge is -2.22. The van der Waals surface area contributed by atoms with E-state index in [0.29, 0.717) is 17.2 Å². The number of hydrogen-bond donors (Lipinski definition) is 1. The van der Waals surface area contributed by atoms with E-state index in [1.807, 2.05) is 0 Å². The monoisotopic (exact) mass is 366 g/mol. The molecule has 0 aromatic heterocycles. The highest BCUT2D eigenvalue weighted by Crippen LogP contribution is 2.36. The molecule has 132 valence electrons. The number of amides is 1. The zero-order valence-electron chi connectivity index (χ0n) is 13.2. The number of carbonyl (C=O) groups excluding carboxylic acids is 1. The highest BCUT2D eigenvalue weighted by Gasteiger charge is 2.23. The average molecular weight is 366 g/mol. The minimum Gasteiger partial charge on any atom is -0.454 e. The molecule has 0 saturated heterocycles. The molecule has 0 unspecified atom stereocenters. The van der Waals surface area contributed by atoms with Gasteiger partial charge < -0.3 is 14.8 Å². The summed E-state index contributed by atoms with van der Waals surface area (Å²) in [6, 6.07) is 9.77. The van der Waals surface area contributed by atoms with Crippen LogP contribution in [0.2, 0.25) is 0 Å². The minimum absolute atomic E-state index is 0.0582. The molecule has 0 spiro atoms. The number of halogens is 1. The molecule has 1 aliphatic rings. The first-order valence-corrected chi connectivity index (χ1v) is 9.10. The van der Waals surface area contributed by atoms with Gasteiger partial charge in [-0.15, -0.1) is 0 Å². The molecule has 0 aliphatic carbocycles. The van der Waals surface area contributed by atoms with Crippen molar-refractivity contribution in [2.24, 2.45) is 0 Å². The molecule has 25 heavy (non-hydrogen) atoms. The first-order valence-electron chi connectivity index (χ1n) is 7.26. The molecular weight excluding hydrogens is 351 g/mol. The van der Waals surface area contributed by atoms with Crippen LogP contribution in [0.25, 0.3) is 0 Å². The third-order valence-electron chi connectivity index (χ3n) is 3.46. The van der Waals surface area contributed by atoms with Gasteiger partial charge in [0.05, 0.1) is 11.9 Å². The van der Waals surface area contributed by atoms with Gasteiger partial charge in [-0.25, -0.2) is 12.8 Å². The van der Waals surface area contributed by atoms with Gasteiger partial charge in [0.15, 0.2) is 11.5 Å². The molecule has 2 aromatic rings. The standard InChI is InChI=1S/C16H15FN2O5S/c1-25(21,22)19(13-6-7-14-15(8-13)24-10-23-14)9-16(20)18-12-4-2-11(17)3-5-12/h2-8H,9-10H2,1H3,(H,18,20). The normalized spacial score (nSPS) is 12.7. The van der Waals surface area contributed by atoms with E-state index in [9.17, 15) is 17.6 Å². The number of carbonyl (C=O) groups is 1. The first kappa shape index (κ1) is 17.0. The lowest BCUT2D eigenvalue weighted by molar-refractivity contribution is -0.114. The number of rotatable bonds is 5. The number of nitrogens with zero attached hydrogens (tertiary/aromatic N) is 1. The van der Waals surface area contributed by atoms with Gasteiger partial charge in [0.2, 0.25) is 22.7 Å². The Morgan fingerprint density at radius 3 is 2.52 bits per heavy atom. The predicted octanol–water partition coefficient (Wildman–Crippen LogP) is 1.96. The third kappa shape index (κ3) is 4.00. The highest BCUT2D eigenvalue weighted by molar-refractivity contribution is 7.92. The Labute approximate surface area is 144 Å². The molecular formula is C16H15FN2O5S. The molecule has 9 heteroatoms. The summed E-state index contributed by atoms with van der Waals surface area (Å²) < 4.78 is 48.5. The molecule has 0 saturated carbocycles. The van der Waals surface area contributed by atoms with Crippen molar-refractivity contribution in [3.8, 4) is 11.5 Å². The van der Waals surface area contributed by atoms with Gasteiger partial charge >= 0.3 is 0 Å². The Morgan fingerprint density at radius 1 is 1.16 bits per heavy atom. The van der Waals surface area contributed by atoms with Crippen LogP contribution in [0, 0.1) is 5.82 Å². The van der Waals surface area contributed by atoms with E-state index in [1.54, 1.807) is 6.07 Å². The number of hydrogen-bond acceptors (Lipinski definition) is 5. The molecule has 0 radical (unpaired) electrons. The highest BCUT2D eigenvalue weighted by atomic mass is 32.2. The third-order valence-corrected chi connectivity index (χ3v) is 4.60. The Morgan fingerprint density at radius 2 is 1.84 bits per heavy atom. The molecule has 0 bridgehead atoms. The van der Waals surface area contributed by atoms with E-state index in [0.717, 1.165) is 10.6 Å². The van der Waals surface area contributed by atoms with Gasteiger partial charge in [0, 0.05) is 11.8 Å². The Kier molecular flexibility index (Phi) is 4.49. The van der Waals surface area contributed by atoms with Crippen molar-refractivity contribution in [1.29, 1.82) is 0 Å². The second-order valence-corrected chi connectivity index (χ2v) is 7.27. The van der Waals surface area contributed by atoms with Crippen LogP contribution in [0.15, 0.2) is 42.5 Å². The van der Waals surface area contributed by atoms with Crippen molar-refractivity contribution in [2.45, 2.75) is 0 Å². The van der Waals surface area contributed by atoms with Gasteiger partial charge in [0.1, 0.15) is 12.4 Å². The van der Waals surface area contributed by atoms with Gasteiger partial charge in [-0.05, 0) is 36.4 Å². The number of fused-ring (bicyclic) bond motifs is 1. The summed E-state index contributed by atoms with van der Waals surface area (Å²) in [5, 5.41) is 2.53. The summed E-state index contributed by atoms with van der Waals surface area (Å²) in [5.74, 6) is -0.0797. The topological polar surface area (TPSA) is 84.9 Å². The SMILES string of the molecule is CS(=O)(=O)N(CC(=O)Nc1ccc(F)cc1)c1ccc2c(c1)OCO2. The number of ether oxygens (including phenoxy) is 2. The molecule has 1 heterocycles. The summed E-state index contributed by atoms with van der Waals surface area (Å²) >= 11 is 0. The average Bonchev–Trinajstić information content (AvgIpc) is 3.01. The molecule has 0 fully saturated rings. The van der Waals surface area contributed by atoms with E-state index < -0.39 is 28.3 Å². The summed E-state index contributed by atoms with van der Waals surface area (Å²) in [5.41, 5.74) is 0.645. The van der Waals surface area contributed by atoms with Gasteiger partial charge in [-0.1, -0.05) is 0 Å². The van der Waals surface area contributed by atoms with Gasteiger partial charge in [-0.3, -0.25) is 9.10 Å². The van der Waals surface area contributed by atoms with E-state index in [2.05, 4.69) is 5.32 Å². The van der Waals surface area contributed by atoms with Crippen molar-refractivity contribution in [3.05, 3.63) is 48.3 Å². The minimum atomic E-state index is -3.71. The quantitative estimate of drug-likeness (QED) is 0.874. The number of sulfonamides is 1. The first-order chi connectivity index (χ1) is 11.8. The van der Waals surface area contributed by atoms with Crippen molar-refractivity contribution in [3.63, 3.8) is 0 Å². The van der Waals surface area contributed by atoms with E-state index >= 15 is 0 Å². The van der Waals surface area contributed by atoms with Crippen molar-refractivity contribution >= 4 is 27.3 Å². The zero-order chi connectivity index (χ0) is 18.0. The smallest absolute Gasteiger partial charge is 0.245 e. The molecule has 7 nitrogen and oxygen atoms in total. The van der Waals surface area contributed by atoms with Crippen molar-refractivity contribution < 1.29 is 27.1 Å². The predicted molar refractivity (Wildman–Crippen MR) is 89.8 cm³/mol. The Bertz CT molecular complexity index is 899. The molecule has 2 aromatic carbocycles. The number of anilines is 2. The van der Waals surface area contributed by atoms with Crippen LogP contribution in [-0.2, 0) is 14.8 Å². The van der Waals surface area contributed by atoms with Gasteiger partial charge in [0.25, 0.3) is 0 Å². The number of nitrogens with one attached hydrogen (secondary N) is 1. The van der Waals surface area contributed by atoms with E-state index in [1.165, 1.54) is 36.4 Å². The molecule has 1 N–H and O–H groups in total. The lowest BCUT2D eigenvalue weighted by Crippen LogP contribution is -2.37. The number of benzene rings is 2. The van der Waals surface area contributed by atoms with Crippen molar-refractivity contribution in [1.82, 2.24) is 0 Å². The van der Waals surface area contributed by atoms with Gasteiger partial charge in [-0.2, -0.15) is 0 Å². The summed E-state index contributed by atoms with van der Waals surface area (Å²) in [6.07, 6.45) is 1.00. The van der Waals surface area contributed by atoms with Crippen LogP contribution in [0.1, 0.15) is 0 Å².